The van der Waals surface area contributed by atoms with Crippen molar-refractivity contribution >= 4 is 0 Å². The molecule has 0 radical (unpaired) electrons. The monoisotopic (exact) mass is 184 g/mol. The Morgan fingerprint density at radius 3 is 3.15 bits per heavy atom. The van der Waals surface area contributed by atoms with E-state index in [0.29, 0.717) is 12.1 Å². The third kappa shape index (κ3) is 2.42. The molecule has 0 aromatic heterocycles. The molecule has 0 bridgehead atoms. The summed E-state index contributed by atoms with van der Waals surface area (Å²) in [5.74, 6) is 0. The number of ether oxygens (including phenoxy) is 1. The third-order valence-corrected chi connectivity index (χ3v) is 3.10. The van der Waals surface area contributed by atoms with E-state index in [1.165, 1.54) is 19.4 Å². The lowest BCUT2D eigenvalue weighted by Gasteiger charge is -2.35. The van der Waals surface area contributed by atoms with Crippen LogP contribution in [0.3, 0.4) is 0 Å². The van der Waals surface area contributed by atoms with E-state index in [0.717, 1.165) is 26.2 Å². The fraction of sp³-hybridized carbons (Fsp3) is 1.00. The van der Waals surface area contributed by atoms with Crippen LogP contribution < -0.4 is 5.32 Å². The summed E-state index contributed by atoms with van der Waals surface area (Å²) >= 11 is 0. The minimum absolute atomic E-state index is 0.514. The number of nitrogens with one attached hydrogen (secondary N) is 1. The van der Waals surface area contributed by atoms with Crippen molar-refractivity contribution in [1.29, 1.82) is 0 Å². The molecule has 1 N–H and O–H groups in total. The van der Waals surface area contributed by atoms with Gasteiger partial charge in [-0.2, -0.15) is 0 Å². The van der Waals surface area contributed by atoms with Gasteiger partial charge in [0, 0.05) is 38.8 Å². The number of hydrogen-bond acceptors (Lipinski definition) is 3. The molecule has 0 aromatic rings. The van der Waals surface area contributed by atoms with Crippen molar-refractivity contribution in [2.45, 2.75) is 31.9 Å². The van der Waals surface area contributed by atoms with Crippen molar-refractivity contribution < 1.29 is 4.74 Å². The summed E-state index contributed by atoms with van der Waals surface area (Å²) < 4.78 is 5.64. The number of rotatable bonds is 2. The van der Waals surface area contributed by atoms with Crippen molar-refractivity contribution in [2.24, 2.45) is 0 Å². The molecule has 2 aliphatic rings. The van der Waals surface area contributed by atoms with E-state index >= 15 is 0 Å². The second kappa shape index (κ2) is 4.40. The predicted octanol–water partition coefficient (Wildman–Crippen LogP) is 0.459. The lowest BCUT2D eigenvalue weighted by Crippen LogP contribution is -2.51. The first kappa shape index (κ1) is 9.44. The number of piperazine rings is 1. The molecule has 0 aromatic carbocycles. The van der Waals surface area contributed by atoms with E-state index in [9.17, 15) is 0 Å². The highest BCUT2D eigenvalue weighted by Gasteiger charge is 2.23. The molecule has 2 rings (SSSR count). The van der Waals surface area contributed by atoms with Gasteiger partial charge < -0.3 is 10.1 Å². The van der Waals surface area contributed by atoms with Crippen molar-refractivity contribution in [3.8, 4) is 0 Å². The molecule has 0 spiro atoms. The Balaban J connectivity index is 1.78. The summed E-state index contributed by atoms with van der Waals surface area (Å²) in [7, 11) is 0. The van der Waals surface area contributed by atoms with Gasteiger partial charge in [0.1, 0.15) is 0 Å². The minimum atomic E-state index is 0.514. The van der Waals surface area contributed by atoms with Crippen LogP contribution in [-0.2, 0) is 4.74 Å². The average Bonchev–Trinajstić information content (AvgIpc) is 2.61. The molecule has 2 atom stereocenters. The fourth-order valence-electron chi connectivity index (χ4n) is 2.20. The first-order valence-electron chi connectivity index (χ1n) is 5.42. The van der Waals surface area contributed by atoms with Crippen LogP contribution in [-0.4, -0.2) is 49.8 Å². The van der Waals surface area contributed by atoms with Gasteiger partial charge in [-0.1, -0.05) is 0 Å². The smallest absolute Gasteiger partial charge is 0.0702 e. The van der Waals surface area contributed by atoms with Crippen LogP contribution in [0, 0.1) is 0 Å². The van der Waals surface area contributed by atoms with Gasteiger partial charge in [-0.15, -0.1) is 0 Å². The molecule has 13 heavy (non-hydrogen) atoms. The Morgan fingerprint density at radius 2 is 2.46 bits per heavy atom. The topological polar surface area (TPSA) is 24.5 Å². The Hall–Kier alpha value is -0.120. The van der Waals surface area contributed by atoms with Gasteiger partial charge in [0.25, 0.3) is 0 Å². The SMILES string of the molecule is C[C@@H]1CNCCN1C[C@H]1CCCO1. The van der Waals surface area contributed by atoms with Gasteiger partial charge in [-0.25, -0.2) is 0 Å². The highest BCUT2D eigenvalue weighted by atomic mass is 16.5. The zero-order valence-corrected chi connectivity index (χ0v) is 8.46. The summed E-state index contributed by atoms with van der Waals surface area (Å²) in [5, 5.41) is 3.41. The van der Waals surface area contributed by atoms with Crippen molar-refractivity contribution in [2.75, 3.05) is 32.8 Å². The molecule has 0 saturated carbocycles. The zero-order chi connectivity index (χ0) is 9.10. The van der Waals surface area contributed by atoms with Crippen LogP contribution in [0.2, 0.25) is 0 Å². The quantitative estimate of drug-likeness (QED) is 0.675. The van der Waals surface area contributed by atoms with Gasteiger partial charge in [-0.05, 0) is 19.8 Å². The van der Waals surface area contributed by atoms with E-state index in [-0.39, 0.29) is 0 Å². The second-order valence-corrected chi connectivity index (χ2v) is 4.18. The second-order valence-electron chi connectivity index (χ2n) is 4.18. The standard InChI is InChI=1S/C10H20N2O/c1-9-7-11-4-5-12(9)8-10-3-2-6-13-10/h9-11H,2-8H2,1H3/t9-,10-/m1/s1. The largest absolute Gasteiger partial charge is 0.377 e. The minimum Gasteiger partial charge on any atom is -0.377 e. The highest BCUT2D eigenvalue weighted by Crippen LogP contribution is 2.15. The molecule has 3 nitrogen and oxygen atoms in total. The molecule has 2 aliphatic heterocycles. The van der Waals surface area contributed by atoms with Crippen LogP contribution >= 0.6 is 0 Å². The van der Waals surface area contributed by atoms with Crippen molar-refractivity contribution in [3.05, 3.63) is 0 Å². The van der Waals surface area contributed by atoms with E-state index < -0.39 is 0 Å². The third-order valence-electron chi connectivity index (χ3n) is 3.10. The summed E-state index contributed by atoms with van der Waals surface area (Å²) in [6, 6.07) is 0.679. The lowest BCUT2D eigenvalue weighted by atomic mass is 10.1. The average molecular weight is 184 g/mol. The maximum atomic E-state index is 5.64. The first-order chi connectivity index (χ1) is 6.36. The van der Waals surface area contributed by atoms with E-state index in [4.69, 9.17) is 4.74 Å². The maximum Gasteiger partial charge on any atom is 0.0702 e. The van der Waals surface area contributed by atoms with Crippen molar-refractivity contribution in [3.63, 3.8) is 0 Å². The molecule has 76 valence electrons. The van der Waals surface area contributed by atoms with Gasteiger partial charge >= 0.3 is 0 Å². The maximum absolute atomic E-state index is 5.64. The molecular weight excluding hydrogens is 164 g/mol. The normalized spacial score (nSPS) is 36.7. The van der Waals surface area contributed by atoms with Gasteiger partial charge in [0.2, 0.25) is 0 Å². The highest BCUT2D eigenvalue weighted by molar-refractivity contribution is 4.79. The van der Waals surface area contributed by atoms with E-state index in [1.807, 2.05) is 0 Å². The number of hydrogen-bond donors (Lipinski definition) is 1. The van der Waals surface area contributed by atoms with Gasteiger partial charge in [-0.3, -0.25) is 4.90 Å². The summed E-state index contributed by atoms with van der Waals surface area (Å²) in [6.45, 7) is 7.86. The van der Waals surface area contributed by atoms with Crippen LogP contribution in [0.5, 0.6) is 0 Å². The molecular formula is C10H20N2O. The molecule has 2 fully saturated rings. The van der Waals surface area contributed by atoms with Crippen LogP contribution in [0.4, 0.5) is 0 Å². The van der Waals surface area contributed by atoms with Crippen LogP contribution in [0.15, 0.2) is 0 Å². The van der Waals surface area contributed by atoms with Crippen LogP contribution in [0.25, 0.3) is 0 Å². The van der Waals surface area contributed by atoms with E-state index in [1.54, 1.807) is 0 Å². The Morgan fingerprint density at radius 1 is 1.54 bits per heavy atom. The molecule has 0 aliphatic carbocycles. The zero-order valence-electron chi connectivity index (χ0n) is 8.46. The van der Waals surface area contributed by atoms with Crippen LogP contribution in [0.1, 0.15) is 19.8 Å². The van der Waals surface area contributed by atoms with Crippen molar-refractivity contribution in [1.82, 2.24) is 10.2 Å². The molecule has 2 saturated heterocycles. The Labute approximate surface area is 80.4 Å². The summed E-state index contributed by atoms with van der Waals surface area (Å²) in [4.78, 5) is 2.55. The summed E-state index contributed by atoms with van der Waals surface area (Å²) in [6.07, 6.45) is 3.03. The molecule has 0 amide bonds. The Bertz CT molecular complexity index is 157. The molecule has 0 unspecified atom stereocenters. The fourth-order valence-corrected chi connectivity index (χ4v) is 2.20. The summed E-state index contributed by atoms with van der Waals surface area (Å²) in [5.41, 5.74) is 0. The first-order valence-corrected chi connectivity index (χ1v) is 5.42. The number of nitrogens with zero attached hydrogens (tertiary/aromatic N) is 1. The molecule has 3 heteroatoms. The molecule has 2 heterocycles. The van der Waals surface area contributed by atoms with Gasteiger partial charge in [0.05, 0.1) is 6.10 Å². The van der Waals surface area contributed by atoms with Gasteiger partial charge in [0.15, 0.2) is 0 Å². The lowest BCUT2D eigenvalue weighted by molar-refractivity contribution is 0.0526. The predicted molar refractivity (Wildman–Crippen MR) is 52.9 cm³/mol. The Kier molecular flexibility index (Phi) is 3.19. The van der Waals surface area contributed by atoms with E-state index in [2.05, 4.69) is 17.1 Å².